The lowest BCUT2D eigenvalue weighted by Gasteiger charge is -2.17. The van der Waals surface area contributed by atoms with Gasteiger partial charge in [0.15, 0.2) is 0 Å². The molecule has 0 bridgehead atoms. The van der Waals surface area contributed by atoms with Crippen LogP contribution in [0.25, 0.3) is 0 Å². The van der Waals surface area contributed by atoms with E-state index in [1.54, 1.807) is 12.1 Å². The fourth-order valence-electron chi connectivity index (χ4n) is 2.73. The highest BCUT2D eigenvalue weighted by Crippen LogP contribution is 2.24. The van der Waals surface area contributed by atoms with Crippen LogP contribution < -0.4 is 10.1 Å². The zero-order chi connectivity index (χ0) is 18.4. The second-order valence-corrected chi connectivity index (χ2v) is 6.52. The van der Waals surface area contributed by atoms with Crippen LogP contribution in [-0.2, 0) is 13.2 Å². The molecule has 0 saturated carbocycles. The molecule has 2 nitrogen and oxygen atoms in total. The minimum absolute atomic E-state index is 0.0940. The molecule has 0 spiro atoms. The third-order valence-corrected chi connectivity index (χ3v) is 4.66. The van der Waals surface area contributed by atoms with Gasteiger partial charge in [-0.05, 0) is 30.7 Å². The molecule has 0 unspecified atom stereocenters. The minimum Gasteiger partial charge on any atom is -0.488 e. The molecule has 3 rings (SSSR count). The van der Waals surface area contributed by atoms with E-state index in [0.29, 0.717) is 17.1 Å². The van der Waals surface area contributed by atoms with E-state index in [0.717, 1.165) is 11.3 Å². The molecule has 0 fully saturated rings. The molecule has 1 atom stereocenters. The van der Waals surface area contributed by atoms with Crippen LogP contribution in [-0.4, -0.2) is 0 Å². The summed E-state index contributed by atoms with van der Waals surface area (Å²) in [5.74, 6) is 0.366. The van der Waals surface area contributed by atoms with E-state index in [4.69, 9.17) is 16.3 Å². The first-order chi connectivity index (χ1) is 12.6. The Hall–Kier alpha value is -2.36. The summed E-state index contributed by atoms with van der Waals surface area (Å²) < 4.78 is 19.8. The first-order valence-electron chi connectivity index (χ1n) is 8.57. The molecule has 0 saturated heterocycles. The van der Waals surface area contributed by atoms with Crippen molar-refractivity contribution in [2.75, 3.05) is 0 Å². The maximum atomic E-state index is 13.9. The molecule has 1 N–H and O–H groups in total. The van der Waals surface area contributed by atoms with E-state index in [-0.39, 0.29) is 18.5 Å². The van der Waals surface area contributed by atoms with Crippen molar-refractivity contribution < 1.29 is 9.13 Å². The minimum atomic E-state index is -0.356. The summed E-state index contributed by atoms with van der Waals surface area (Å²) >= 11 is 6.07. The Morgan fingerprint density at radius 3 is 2.46 bits per heavy atom. The van der Waals surface area contributed by atoms with Gasteiger partial charge in [0.1, 0.15) is 18.2 Å². The third kappa shape index (κ3) is 4.63. The second kappa shape index (κ2) is 8.84. The zero-order valence-corrected chi connectivity index (χ0v) is 15.3. The Bertz CT molecular complexity index is 834. The largest absolute Gasteiger partial charge is 0.488 e. The Morgan fingerprint density at radius 2 is 1.69 bits per heavy atom. The van der Waals surface area contributed by atoms with Gasteiger partial charge in [0.05, 0.1) is 5.02 Å². The van der Waals surface area contributed by atoms with Gasteiger partial charge in [-0.25, -0.2) is 4.39 Å². The lowest BCUT2D eigenvalue weighted by Crippen LogP contribution is -2.18. The predicted molar refractivity (Wildman–Crippen MR) is 104 cm³/mol. The third-order valence-electron chi connectivity index (χ3n) is 4.30. The van der Waals surface area contributed by atoms with E-state index in [9.17, 15) is 4.39 Å². The molecule has 0 aliphatic rings. The summed E-state index contributed by atoms with van der Waals surface area (Å²) in [7, 11) is 0. The molecule has 3 aromatic rings. The molecule has 26 heavy (non-hydrogen) atoms. The first-order valence-corrected chi connectivity index (χ1v) is 8.95. The Kier molecular flexibility index (Phi) is 6.26. The number of rotatable bonds is 7. The molecule has 0 aromatic heterocycles. The number of hydrogen-bond donors (Lipinski definition) is 1. The van der Waals surface area contributed by atoms with Crippen LogP contribution in [0.15, 0.2) is 72.8 Å². The first kappa shape index (κ1) is 18.4. The maximum Gasteiger partial charge on any atom is 0.131 e. The lowest BCUT2D eigenvalue weighted by molar-refractivity contribution is 0.295. The van der Waals surface area contributed by atoms with Gasteiger partial charge in [0.2, 0.25) is 0 Å². The van der Waals surface area contributed by atoms with Crippen LogP contribution in [0.5, 0.6) is 5.75 Å². The molecule has 0 aliphatic heterocycles. The van der Waals surface area contributed by atoms with Crippen LogP contribution in [0.3, 0.4) is 0 Å². The zero-order valence-electron chi connectivity index (χ0n) is 14.6. The average Bonchev–Trinajstić information content (AvgIpc) is 2.67. The topological polar surface area (TPSA) is 21.3 Å². The normalized spacial score (nSPS) is 12.0. The summed E-state index contributed by atoms with van der Waals surface area (Å²) in [6.45, 7) is 2.87. The highest BCUT2D eigenvalue weighted by molar-refractivity contribution is 6.31. The standard InChI is InChI=1S/C22H21ClFNO/c1-16(17-8-3-2-4-9-17)25-14-18-10-5-6-13-22(18)26-15-19-20(23)11-7-12-21(19)24/h2-13,16,25H,14-15H2,1H3/t16-/m0/s1. The molecule has 0 amide bonds. The maximum absolute atomic E-state index is 13.9. The molecular formula is C22H21ClFNO. The number of benzene rings is 3. The van der Waals surface area contributed by atoms with Crippen molar-refractivity contribution in [3.63, 3.8) is 0 Å². The average molecular weight is 370 g/mol. The second-order valence-electron chi connectivity index (χ2n) is 6.11. The summed E-state index contributed by atoms with van der Waals surface area (Å²) in [6.07, 6.45) is 0. The van der Waals surface area contributed by atoms with Crippen LogP contribution >= 0.6 is 11.6 Å². The fraction of sp³-hybridized carbons (Fsp3) is 0.182. The highest BCUT2D eigenvalue weighted by Gasteiger charge is 2.10. The van der Waals surface area contributed by atoms with E-state index in [1.807, 2.05) is 42.5 Å². The van der Waals surface area contributed by atoms with Gasteiger partial charge in [-0.1, -0.05) is 66.2 Å². The number of ether oxygens (including phenoxy) is 1. The highest BCUT2D eigenvalue weighted by atomic mass is 35.5. The number of nitrogens with one attached hydrogen (secondary N) is 1. The van der Waals surface area contributed by atoms with E-state index in [1.165, 1.54) is 11.6 Å². The number of halogens is 2. The molecular weight excluding hydrogens is 349 g/mol. The summed E-state index contributed by atoms with van der Waals surface area (Å²) in [5.41, 5.74) is 2.61. The number of para-hydroxylation sites is 1. The lowest BCUT2D eigenvalue weighted by atomic mass is 10.1. The Labute approximate surface area is 158 Å². The fourth-order valence-corrected chi connectivity index (χ4v) is 2.95. The van der Waals surface area contributed by atoms with Crippen molar-refractivity contribution in [3.8, 4) is 5.75 Å². The smallest absolute Gasteiger partial charge is 0.131 e. The molecule has 0 aliphatic carbocycles. The van der Waals surface area contributed by atoms with Crippen LogP contribution in [0.1, 0.15) is 29.7 Å². The molecule has 3 aromatic carbocycles. The SMILES string of the molecule is C[C@H](NCc1ccccc1OCc1c(F)cccc1Cl)c1ccccc1. The van der Waals surface area contributed by atoms with Gasteiger partial charge in [-0.2, -0.15) is 0 Å². The van der Waals surface area contributed by atoms with Gasteiger partial charge < -0.3 is 10.1 Å². The predicted octanol–water partition coefficient (Wildman–Crippen LogP) is 5.91. The number of hydrogen-bond acceptors (Lipinski definition) is 2. The van der Waals surface area contributed by atoms with Crippen LogP contribution in [0.4, 0.5) is 4.39 Å². The molecule has 0 heterocycles. The Balaban J connectivity index is 1.66. The van der Waals surface area contributed by atoms with Gasteiger partial charge in [-0.3, -0.25) is 0 Å². The van der Waals surface area contributed by atoms with E-state index >= 15 is 0 Å². The summed E-state index contributed by atoms with van der Waals surface area (Å²) in [4.78, 5) is 0. The monoisotopic (exact) mass is 369 g/mol. The van der Waals surface area contributed by atoms with Crippen LogP contribution in [0, 0.1) is 5.82 Å². The molecule has 134 valence electrons. The van der Waals surface area contributed by atoms with Crippen molar-refractivity contribution in [2.45, 2.75) is 26.1 Å². The van der Waals surface area contributed by atoms with Crippen molar-refractivity contribution in [2.24, 2.45) is 0 Å². The van der Waals surface area contributed by atoms with Crippen LogP contribution in [0.2, 0.25) is 5.02 Å². The van der Waals surface area contributed by atoms with Crippen molar-refractivity contribution >= 4 is 11.6 Å². The Morgan fingerprint density at radius 1 is 0.962 bits per heavy atom. The summed E-state index contributed by atoms with van der Waals surface area (Å²) in [5, 5.41) is 3.87. The summed E-state index contributed by atoms with van der Waals surface area (Å²) in [6, 6.07) is 22.9. The van der Waals surface area contributed by atoms with Gasteiger partial charge in [0, 0.05) is 23.7 Å². The molecule has 0 radical (unpaired) electrons. The van der Waals surface area contributed by atoms with Crippen molar-refractivity contribution in [1.29, 1.82) is 0 Å². The van der Waals surface area contributed by atoms with Crippen molar-refractivity contribution in [1.82, 2.24) is 5.32 Å². The van der Waals surface area contributed by atoms with Crippen molar-refractivity contribution in [3.05, 3.63) is 100 Å². The van der Waals surface area contributed by atoms with Gasteiger partial charge in [0.25, 0.3) is 0 Å². The van der Waals surface area contributed by atoms with Gasteiger partial charge in [-0.15, -0.1) is 0 Å². The van der Waals surface area contributed by atoms with E-state index < -0.39 is 0 Å². The van der Waals surface area contributed by atoms with Gasteiger partial charge >= 0.3 is 0 Å². The quantitative estimate of drug-likeness (QED) is 0.559. The van der Waals surface area contributed by atoms with E-state index in [2.05, 4.69) is 24.4 Å². The molecule has 4 heteroatoms.